The van der Waals surface area contributed by atoms with E-state index in [1.807, 2.05) is 0 Å². The van der Waals surface area contributed by atoms with Gasteiger partial charge >= 0.3 is 11.7 Å². The summed E-state index contributed by atoms with van der Waals surface area (Å²) in [6.07, 6.45) is 0.358. The minimum Gasteiger partial charge on any atom is -0.477 e. The molecule has 0 unspecified atom stereocenters. The predicted molar refractivity (Wildman–Crippen MR) is 75.5 cm³/mol. The van der Waals surface area contributed by atoms with Gasteiger partial charge in [0, 0.05) is 13.1 Å². The number of rotatable bonds is 3. The Balaban J connectivity index is 2.46. The molecule has 21 heavy (non-hydrogen) atoms. The van der Waals surface area contributed by atoms with Crippen LogP contribution in [0.2, 0.25) is 0 Å². The second-order valence-electron chi connectivity index (χ2n) is 4.73. The Morgan fingerprint density at radius 2 is 2.00 bits per heavy atom. The number of para-hydroxylation sites is 1. The lowest BCUT2D eigenvalue weighted by molar-refractivity contribution is -0.384. The molecule has 0 saturated carbocycles. The summed E-state index contributed by atoms with van der Waals surface area (Å²) in [5.74, 6) is -1.44. The van der Waals surface area contributed by atoms with Crippen molar-refractivity contribution in [1.29, 1.82) is 0 Å². The summed E-state index contributed by atoms with van der Waals surface area (Å²) in [6.45, 7) is 0.454. The summed E-state index contributed by atoms with van der Waals surface area (Å²) >= 11 is 0. The first kappa shape index (κ1) is 15.2. The molecule has 0 spiro atoms. The van der Waals surface area contributed by atoms with Crippen molar-refractivity contribution >= 4 is 27.2 Å². The molecule has 0 radical (unpaired) electrons. The van der Waals surface area contributed by atoms with E-state index in [0.717, 1.165) is 0 Å². The Morgan fingerprint density at radius 3 is 2.62 bits per heavy atom. The van der Waals surface area contributed by atoms with Crippen LogP contribution < -0.4 is 4.90 Å². The number of hydrogen-bond donors (Lipinski definition) is 1. The Morgan fingerprint density at radius 1 is 1.29 bits per heavy atom. The van der Waals surface area contributed by atoms with Gasteiger partial charge in [0.05, 0.1) is 16.4 Å². The van der Waals surface area contributed by atoms with Crippen LogP contribution in [-0.4, -0.2) is 49.0 Å². The number of aromatic carboxylic acids is 1. The molecular weight excluding hydrogens is 300 g/mol. The quantitative estimate of drug-likeness (QED) is 0.651. The largest absolute Gasteiger partial charge is 0.477 e. The number of sulfone groups is 1. The predicted octanol–water partition coefficient (Wildman–Crippen LogP) is 0.918. The molecule has 0 aliphatic carbocycles. The van der Waals surface area contributed by atoms with Gasteiger partial charge in [0.1, 0.15) is 11.3 Å². The fourth-order valence-corrected chi connectivity index (χ4v) is 3.60. The van der Waals surface area contributed by atoms with E-state index in [0.29, 0.717) is 13.0 Å². The van der Waals surface area contributed by atoms with Crippen LogP contribution in [0.5, 0.6) is 0 Å². The highest BCUT2D eigenvalue weighted by Gasteiger charge is 2.29. The standard InChI is InChI=1S/C12H14N2O6S/c15-12(16)9-3-1-4-10(11(9)14(17)18)13-5-2-7-21(19,20)8-6-13/h1,3-4H,2,5-8H2,(H,15,16). The minimum absolute atomic E-state index is 0.0376. The van der Waals surface area contributed by atoms with Crippen LogP contribution >= 0.6 is 0 Å². The number of carboxylic acids is 1. The van der Waals surface area contributed by atoms with Crippen molar-refractivity contribution < 1.29 is 23.2 Å². The van der Waals surface area contributed by atoms with Gasteiger partial charge in [-0.25, -0.2) is 13.2 Å². The van der Waals surface area contributed by atoms with Gasteiger partial charge in [0.15, 0.2) is 9.84 Å². The van der Waals surface area contributed by atoms with Crippen molar-refractivity contribution in [3.05, 3.63) is 33.9 Å². The number of benzene rings is 1. The number of nitro groups is 1. The average Bonchev–Trinajstić information content (AvgIpc) is 2.58. The van der Waals surface area contributed by atoms with Crippen molar-refractivity contribution in [3.63, 3.8) is 0 Å². The fourth-order valence-electron chi connectivity index (χ4n) is 2.33. The Hall–Kier alpha value is -2.16. The number of anilines is 1. The maximum Gasteiger partial charge on any atom is 0.342 e. The monoisotopic (exact) mass is 314 g/mol. The highest BCUT2D eigenvalue weighted by atomic mass is 32.2. The Kier molecular flexibility index (Phi) is 4.12. The van der Waals surface area contributed by atoms with Crippen LogP contribution in [0.3, 0.4) is 0 Å². The molecule has 1 aliphatic rings. The zero-order chi connectivity index (χ0) is 15.6. The van der Waals surface area contributed by atoms with Crippen molar-refractivity contribution in [2.45, 2.75) is 6.42 Å². The second-order valence-corrected chi connectivity index (χ2v) is 7.03. The highest BCUT2D eigenvalue weighted by Crippen LogP contribution is 2.32. The Labute approximate surface area is 121 Å². The molecule has 1 aliphatic heterocycles. The zero-order valence-corrected chi connectivity index (χ0v) is 11.9. The van der Waals surface area contributed by atoms with E-state index in [2.05, 4.69) is 0 Å². The van der Waals surface area contributed by atoms with Crippen molar-refractivity contribution in [1.82, 2.24) is 0 Å². The summed E-state index contributed by atoms with van der Waals surface area (Å²) in [5, 5.41) is 20.3. The van der Waals surface area contributed by atoms with E-state index in [1.54, 1.807) is 4.90 Å². The third-order valence-corrected chi connectivity index (χ3v) is 5.04. The summed E-state index contributed by atoms with van der Waals surface area (Å²) in [6, 6.07) is 4.03. The van der Waals surface area contributed by atoms with E-state index >= 15 is 0 Å². The smallest absolute Gasteiger partial charge is 0.342 e. The molecule has 0 aromatic heterocycles. The molecule has 1 aromatic rings. The molecule has 1 saturated heterocycles. The number of nitro benzene ring substituents is 1. The van der Waals surface area contributed by atoms with Gasteiger partial charge in [-0.05, 0) is 18.6 Å². The fraction of sp³-hybridized carbons (Fsp3) is 0.417. The summed E-state index contributed by atoms with van der Waals surface area (Å²) in [5.41, 5.74) is -0.745. The van der Waals surface area contributed by atoms with Crippen LogP contribution in [0.15, 0.2) is 18.2 Å². The van der Waals surface area contributed by atoms with Crippen molar-refractivity contribution in [2.24, 2.45) is 0 Å². The Bertz CT molecular complexity index is 685. The minimum atomic E-state index is -3.15. The molecule has 1 heterocycles. The van der Waals surface area contributed by atoms with Gasteiger partial charge in [0.25, 0.3) is 0 Å². The van der Waals surface area contributed by atoms with Gasteiger partial charge in [0.2, 0.25) is 0 Å². The molecule has 0 amide bonds. The van der Waals surface area contributed by atoms with E-state index in [4.69, 9.17) is 5.11 Å². The molecule has 0 bridgehead atoms. The molecule has 2 rings (SSSR count). The highest BCUT2D eigenvalue weighted by molar-refractivity contribution is 7.91. The van der Waals surface area contributed by atoms with E-state index in [1.165, 1.54) is 18.2 Å². The molecule has 1 N–H and O–H groups in total. The van der Waals surface area contributed by atoms with E-state index in [-0.39, 0.29) is 23.7 Å². The third-order valence-electron chi connectivity index (χ3n) is 3.32. The first-order valence-electron chi connectivity index (χ1n) is 6.28. The normalized spacial score (nSPS) is 18.0. The van der Waals surface area contributed by atoms with Crippen LogP contribution in [0.1, 0.15) is 16.8 Å². The SMILES string of the molecule is O=C(O)c1cccc(N2CCCS(=O)(=O)CC2)c1[N+](=O)[O-]. The number of carbonyl (C=O) groups is 1. The van der Waals surface area contributed by atoms with E-state index in [9.17, 15) is 23.3 Å². The van der Waals surface area contributed by atoms with Crippen molar-refractivity contribution in [2.75, 3.05) is 29.5 Å². The third kappa shape index (κ3) is 3.30. The van der Waals surface area contributed by atoms with Crippen LogP contribution in [0.4, 0.5) is 11.4 Å². The summed E-state index contributed by atoms with van der Waals surface area (Å²) in [4.78, 5) is 23.1. The first-order chi connectivity index (χ1) is 9.82. The lowest BCUT2D eigenvalue weighted by Crippen LogP contribution is -2.27. The van der Waals surface area contributed by atoms with Gasteiger partial charge in [-0.2, -0.15) is 0 Å². The lowest BCUT2D eigenvalue weighted by Gasteiger charge is -2.22. The molecule has 1 aromatic carbocycles. The number of carboxylic acid groups (broad SMARTS) is 1. The molecule has 0 atom stereocenters. The first-order valence-corrected chi connectivity index (χ1v) is 8.10. The summed E-state index contributed by atoms with van der Waals surface area (Å²) < 4.78 is 23.2. The van der Waals surface area contributed by atoms with Gasteiger partial charge in [-0.1, -0.05) is 6.07 Å². The molecule has 9 heteroatoms. The van der Waals surface area contributed by atoms with Crippen LogP contribution in [0, 0.1) is 10.1 Å². The van der Waals surface area contributed by atoms with Gasteiger partial charge < -0.3 is 10.0 Å². The maximum atomic E-state index is 11.6. The number of nitrogens with zero attached hydrogens (tertiary/aromatic N) is 2. The molecule has 114 valence electrons. The molecule has 8 nitrogen and oxygen atoms in total. The molecule has 1 fully saturated rings. The van der Waals surface area contributed by atoms with Crippen molar-refractivity contribution in [3.8, 4) is 0 Å². The molecular formula is C12H14N2O6S. The van der Waals surface area contributed by atoms with Gasteiger partial charge in [-0.3, -0.25) is 10.1 Å². The summed E-state index contributed by atoms with van der Waals surface area (Å²) in [7, 11) is -3.15. The maximum absolute atomic E-state index is 11.6. The zero-order valence-electron chi connectivity index (χ0n) is 11.1. The van der Waals surface area contributed by atoms with Gasteiger partial charge in [-0.15, -0.1) is 0 Å². The number of hydrogen-bond acceptors (Lipinski definition) is 6. The average molecular weight is 314 g/mol. The second kappa shape index (κ2) is 5.68. The topological polar surface area (TPSA) is 118 Å². The van der Waals surface area contributed by atoms with Crippen LogP contribution in [-0.2, 0) is 9.84 Å². The lowest BCUT2D eigenvalue weighted by atomic mass is 10.1. The van der Waals surface area contributed by atoms with E-state index < -0.39 is 32.0 Å². The van der Waals surface area contributed by atoms with Crippen LogP contribution in [0.25, 0.3) is 0 Å².